The highest BCUT2D eigenvalue weighted by atomic mass is 32.2. The lowest BCUT2D eigenvalue weighted by molar-refractivity contribution is -0.138. The Morgan fingerprint density at radius 1 is 1.20 bits per heavy atom. The summed E-state index contributed by atoms with van der Waals surface area (Å²) in [6.07, 6.45) is 4.06. The fourth-order valence-corrected chi connectivity index (χ4v) is 4.56. The highest BCUT2D eigenvalue weighted by Crippen LogP contribution is 2.28. The van der Waals surface area contributed by atoms with Crippen LogP contribution in [0.25, 0.3) is 0 Å². The van der Waals surface area contributed by atoms with Crippen LogP contribution in [0.15, 0.2) is 0 Å². The number of nitrogens with zero attached hydrogens (tertiary/aromatic N) is 2. The van der Waals surface area contributed by atoms with Crippen molar-refractivity contribution in [1.82, 2.24) is 9.80 Å². The summed E-state index contributed by atoms with van der Waals surface area (Å²) in [6, 6.07) is 0.0251. The SMILES string of the molecule is CC1CN(C(=O)N(CC(=O)O)C2CCCC2)CC(C)S1. The Labute approximate surface area is 124 Å². The number of carbonyl (C=O) groups excluding carboxylic acids is 1. The summed E-state index contributed by atoms with van der Waals surface area (Å²) < 4.78 is 0. The predicted molar refractivity (Wildman–Crippen MR) is 80.1 cm³/mol. The van der Waals surface area contributed by atoms with Gasteiger partial charge in [-0.15, -0.1) is 0 Å². The highest BCUT2D eigenvalue weighted by Gasteiger charge is 2.34. The van der Waals surface area contributed by atoms with E-state index in [0.29, 0.717) is 10.5 Å². The summed E-state index contributed by atoms with van der Waals surface area (Å²) >= 11 is 1.89. The first-order valence-corrected chi connectivity index (χ1v) is 8.34. The number of hydrogen-bond acceptors (Lipinski definition) is 3. The number of carboxylic acids is 1. The normalized spacial score (nSPS) is 27.6. The number of carbonyl (C=O) groups is 2. The molecular weight excluding hydrogens is 276 g/mol. The second-order valence-corrected chi connectivity index (χ2v) is 7.79. The Bertz CT molecular complexity index is 361. The van der Waals surface area contributed by atoms with E-state index in [2.05, 4.69) is 13.8 Å². The van der Waals surface area contributed by atoms with Gasteiger partial charge in [0.15, 0.2) is 0 Å². The van der Waals surface area contributed by atoms with Crippen LogP contribution in [0.2, 0.25) is 0 Å². The quantitative estimate of drug-likeness (QED) is 0.868. The summed E-state index contributed by atoms with van der Waals surface area (Å²) in [5, 5.41) is 9.91. The van der Waals surface area contributed by atoms with Crippen molar-refractivity contribution in [3.8, 4) is 0 Å². The third-order valence-corrected chi connectivity index (χ3v) is 5.23. The minimum Gasteiger partial charge on any atom is -0.480 e. The van der Waals surface area contributed by atoms with E-state index >= 15 is 0 Å². The average Bonchev–Trinajstić information content (AvgIpc) is 2.87. The number of aliphatic carboxylic acids is 1. The molecule has 6 heteroatoms. The molecular formula is C14H24N2O3S. The molecule has 0 aromatic rings. The van der Waals surface area contributed by atoms with Crippen LogP contribution in [-0.2, 0) is 4.79 Å². The fourth-order valence-electron chi connectivity index (χ4n) is 3.23. The maximum absolute atomic E-state index is 12.7. The summed E-state index contributed by atoms with van der Waals surface area (Å²) in [5.41, 5.74) is 0. The zero-order valence-electron chi connectivity index (χ0n) is 12.2. The molecule has 1 N–H and O–H groups in total. The molecule has 114 valence electrons. The van der Waals surface area contributed by atoms with Crippen LogP contribution < -0.4 is 0 Å². The van der Waals surface area contributed by atoms with Crippen LogP contribution >= 0.6 is 11.8 Å². The van der Waals surface area contributed by atoms with Crippen LogP contribution in [0.4, 0.5) is 4.79 Å². The minimum absolute atomic E-state index is 0.0849. The first kappa shape index (κ1) is 15.5. The topological polar surface area (TPSA) is 60.9 Å². The van der Waals surface area contributed by atoms with E-state index in [1.165, 1.54) is 0 Å². The van der Waals surface area contributed by atoms with Gasteiger partial charge in [0.1, 0.15) is 6.54 Å². The molecule has 2 atom stereocenters. The molecule has 1 heterocycles. The minimum atomic E-state index is -0.919. The van der Waals surface area contributed by atoms with E-state index in [0.717, 1.165) is 38.8 Å². The largest absolute Gasteiger partial charge is 0.480 e. The van der Waals surface area contributed by atoms with Crippen LogP contribution in [0.3, 0.4) is 0 Å². The lowest BCUT2D eigenvalue weighted by Crippen LogP contribution is -2.53. The Kier molecular flexibility index (Phi) is 5.18. The molecule has 5 nitrogen and oxygen atoms in total. The molecule has 2 aliphatic rings. The van der Waals surface area contributed by atoms with Crippen molar-refractivity contribution in [1.29, 1.82) is 0 Å². The molecule has 2 rings (SSSR count). The molecule has 2 unspecified atom stereocenters. The molecule has 2 amide bonds. The Balaban J connectivity index is 2.06. The summed E-state index contributed by atoms with van der Waals surface area (Å²) in [5.74, 6) is -0.919. The number of hydrogen-bond donors (Lipinski definition) is 1. The van der Waals surface area contributed by atoms with Crippen molar-refractivity contribution in [2.24, 2.45) is 0 Å². The number of urea groups is 1. The number of rotatable bonds is 3. The van der Waals surface area contributed by atoms with Crippen molar-refractivity contribution in [2.75, 3.05) is 19.6 Å². The zero-order chi connectivity index (χ0) is 14.7. The van der Waals surface area contributed by atoms with Crippen LogP contribution in [0.1, 0.15) is 39.5 Å². The zero-order valence-corrected chi connectivity index (χ0v) is 13.1. The van der Waals surface area contributed by atoms with E-state index in [9.17, 15) is 9.59 Å². The van der Waals surface area contributed by atoms with Crippen LogP contribution in [-0.4, -0.2) is 63.1 Å². The second-order valence-electron chi connectivity index (χ2n) is 5.90. The van der Waals surface area contributed by atoms with Crippen molar-refractivity contribution < 1.29 is 14.7 Å². The lowest BCUT2D eigenvalue weighted by Gasteiger charge is -2.39. The van der Waals surface area contributed by atoms with Gasteiger partial charge in [0.05, 0.1) is 0 Å². The van der Waals surface area contributed by atoms with Gasteiger partial charge < -0.3 is 14.9 Å². The molecule has 1 saturated heterocycles. The van der Waals surface area contributed by atoms with E-state index in [1.54, 1.807) is 4.90 Å². The first-order chi connectivity index (χ1) is 9.47. The second kappa shape index (κ2) is 6.70. The van der Waals surface area contributed by atoms with Gasteiger partial charge in [-0.1, -0.05) is 26.7 Å². The van der Waals surface area contributed by atoms with E-state index in [-0.39, 0.29) is 18.6 Å². The van der Waals surface area contributed by atoms with Crippen LogP contribution in [0, 0.1) is 0 Å². The molecule has 1 saturated carbocycles. The maximum Gasteiger partial charge on any atom is 0.323 e. The molecule has 1 aliphatic carbocycles. The Hall–Kier alpha value is -0.910. The molecule has 2 fully saturated rings. The fraction of sp³-hybridized carbons (Fsp3) is 0.857. The van der Waals surface area contributed by atoms with Gasteiger partial charge in [0, 0.05) is 29.6 Å². The molecule has 0 aromatic carbocycles. The molecule has 20 heavy (non-hydrogen) atoms. The smallest absolute Gasteiger partial charge is 0.323 e. The standard InChI is InChI=1S/C14H24N2O3S/c1-10-7-15(8-11(2)20-10)14(19)16(9-13(17)18)12-5-3-4-6-12/h10-12H,3-9H2,1-2H3,(H,17,18). The predicted octanol–water partition coefficient (Wildman–Crippen LogP) is 2.26. The molecule has 0 radical (unpaired) electrons. The van der Waals surface area contributed by atoms with Crippen LogP contribution in [0.5, 0.6) is 0 Å². The van der Waals surface area contributed by atoms with Crippen molar-refractivity contribution >= 4 is 23.8 Å². The third kappa shape index (κ3) is 3.81. The maximum atomic E-state index is 12.7. The monoisotopic (exact) mass is 300 g/mol. The van der Waals surface area contributed by atoms with E-state index in [1.807, 2.05) is 16.7 Å². The Morgan fingerprint density at radius 3 is 2.25 bits per heavy atom. The van der Waals surface area contributed by atoms with Gasteiger partial charge in [-0.05, 0) is 12.8 Å². The van der Waals surface area contributed by atoms with E-state index < -0.39 is 5.97 Å². The van der Waals surface area contributed by atoms with Gasteiger partial charge in [-0.25, -0.2) is 4.79 Å². The summed E-state index contributed by atoms with van der Waals surface area (Å²) in [4.78, 5) is 27.2. The third-order valence-electron chi connectivity index (χ3n) is 4.01. The van der Waals surface area contributed by atoms with E-state index in [4.69, 9.17) is 5.11 Å². The van der Waals surface area contributed by atoms with Crippen molar-refractivity contribution in [3.05, 3.63) is 0 Å². The molecule has 0 aromatic heterocycles. The van der Waals surface area contributed by atoms with Gasteiger partial charge in [0.25, 0.3) is 0 Å². The summed E-state index contributed by atoms with van der Waals surface area (Å²) in [7, 11) is 0. The van der Waals surface area contributed by atoms with Crippen molar-refractivity contribution in [3.63, 3.8) is 0 Å². The lowest BCUT2D eigenvalue weighted by atomic mass is 10.2. The summed E-state index contributed by atoms with van der Waals surface area (Å²) in [6.45, 7) is 5.51. The average molecular weight is 300 g/mol. The highest BCUT2D eigenvalue weighted by molar-refractivity contribution is 8.00. The van der Waals surface area contributed by atoms with Gasteiger partial charge in [0.2, 0.25) is 0 Å². The van der Waals surface area contributed by atoms with Gasteiger partial charge in [-0.3, -0.25) is 4.79 Å². The number of thioether (sulfide) groups is 1. The Morgan fingerprint density at radius 2 is 1.75 bits per heavy atom. The molecule has 1 aliphatic heterocycles. The number of amides is 2. The first-order valence-electron chi connectivity index (χ1n) is 7.40. The van der Waals surface area contributed by atoms with Crippen molar-refractivity contribution in [2.45, 2.75) is 56.1 Å². The molecule has 0 bridgehead atoms. The van der Waals surface area contributed by atoms with Gasteiger partial charge in [-0.2, -0.15) is 11.8 Å². The van der Waals surface area contributed by atoms with Gasteiger partial charge >= 0.3 is 12.0 Å². The number of carboxylic acid groups (broad SMARTS) is 1. The molecule has 0 spiro atoms.